The van der Waals surface area contributed by atoms with Gasteiger partial charge in [0.05, 0.1) is 22.7 Å². The average molecular weight is 451 g/mol. The number of nitriles is 1. The number of allylic oxidation sites excluding steroid dienone is 1. The Morgan fingerprint density at radius 2 is 2.04 bits per heavy atom. The summed E-state index contributed by atoms with van der Waals surface area (Å²) in [7, 11) is -2.57. The first-order valence-electron chi connectivity index (χ1n) is 7.77. The molecule has 0 atom stereocenters. The van der Waals surface area contributed by atoms with Gasteiger partial charge in [0.1, 0.15) is 16.8 Å². The zero-order chi connectivity index (χ0) is 20.3. The standard InChI is InChI=1S/C19H12Cl2N2O3S2/c1-26-15-4-2-3-12(7-15)19-23-14(11-27-19)9-16(10-22)28(24,25)18-8-13(20)5-6-17(18)21/h2-9,11H,1H3. The van der Waals surface area contributed by atoms with Gasteiger partial charge in [-0.2, -0.15) is 5.26 Å². The second-order valence-electron chi connectivity index (χ2n) is 5.51. The number of ether oxygens (including phenoxy) is 1. The summed E-state index contributed by atoms with van der Waals surface area (Å²) in [6.45, 7) is 0. The Bertz CT molecular complexity index is 1210. The number of benzene rings is 2. The van der Waals surface area contributed by atoms with Gasteiger partial charge in [-0.25, -0.2) is 13.4 Å². The minimum atomic E-state index is -4.14. The lowest BCUT2D eigenvalue weighted by Crippen LogP contribution is -2.04. The van der Waals surface area contributed by atoms with E-state index in [0.29, 0.717) is 16.5 Å². The molecule has 0 fully saturated rings. The van der Waals surface area contributed by atoms with Crippen molar-refractivity contribution in [1.29, 1.82) is 5.26 Å². The van der Waals surface area contributed by atoms with Crippen molar-refractivity contribution in [2.45, 2.75) is 4.90 Å². The highest BCUT2D eigenvalue weighted by Crippen LogP contribution is 2.31. The average Bonchev–Trinajstić information content (AvgIpc) is 3.16. The van der Waals surface area contributed by atoms with Gasteiger partial charge in [0, 0.05) is 16.0 Å². The Kier molecular flexibility index (Phi) is 6.06. The molecular weight excluding hydrogens is 439 g/mol. The lowest BCUT2D eigenvalue weighted by atomic mass is 10.2. The normalized spacial score (nSPS) is 11.9. The fraction of sp³-hybridized carbons (Fsp3) is 0.0526. The number of nitrogens with zero attached hydrogens (tertiary/aromatic N) is 2. The third kappa shape index (κ3) is 4.21. The van der Waals surface area contributed by atoms with Crippen molar-refractivity contribution >= 4 is 50.5 Å². The summed E-state index contributed by atoms with van der Waals surface area (Å²) in [5.74, 6) is 0.681. The monoisotopic (exact) mass is 450 g/mol. The molecule has 0 bridgehead atoms. The second kappa shape index (κ2) is 8.33. The SMILES string of the molecule is COc1cccc(-c2nc(C=C(C#N)S(=O)(=O)c3cc(Cl)ccc3Cl)cs2)c1. The molecule has 0 radical (unpaired) electrons. The second-order valence-corrected chi connectivity index (χ2v) is 9.10. The molecule has 9 heteroatoms. The van der Waals surface area contributed by atoms with Crippen molar-refractivity contribution in [3.8, 4) is 22.4 Å². The highest BCUT2D eigenvalue weighted by molar-refractivity contribution is 7.95. The number of rotatable bonds is 5. The fourth-order valence-corrected chi connectivity index (χ4v) is 5.02. The quantitative estimate of drug-likeness (QED) is 0.481. The summed E-state index contributed by atoms with van der Waals surface area (Å²) >= 11 is 13.2. The van der Waals surface area contributed by atoms with Gasteiger partial charge in [0.25, 0.3) is 0 Å². The van der Waals surface area contributed by atoms with Crippen LogP contribution >= 0.6 is 34.5 Å². The van der Waals surface area contributed by atoms with Crippen molar-refractivity contribution < 1.29 is 13.2 Å². The zero-order valence-corrected chi connectivity index (χ0v) is 17.5. The summed E-state index contributed by atoms with van der Waals surface area (Å²) in [6.07, 6.45) is 1.22. The molecule has 0 aliphatic heterocycles. The van der Waals surface area contributed by atoms with E-state index in [2.05, 4.69) is 4.98 Å². The van der Waals surface area contributed by atoms with E-state index in [4.69, 9.17) is 27.9 Å². The molecule has 3 rings (SSSR count). The predicted molar refractivity (Wildman–Crippen MR) is 111 cm³/mol. The molecule has 0 saturated carbocycles. The lowest BCUT2D eigenvalue weighted by Gasteiger charge is -2.05. The van der Waals surface area contributed by atoms with Crippen molar-refractivity contribution in [1.82, 2.24) is 4.98 Å². The van der Waals surface area contributed by atoms with Crippen molar-refractivity contribution in [2.75, 3.05) is 7.11 Å². The van der Waals surface area contributed by atoms with E-state index in [1.54, 1.807) is 18.6 Å². The Morgan fingerprint density at radius 3 is 2.75 bits per heavy atom. The van der Waals surface area contributed by atoms with Crippen LogP contribution in [-0.2, 0) is 9.84 Å². The minimum absolute atomic E-state index is 0.0131. The maximum atomic E-state index is 12.8. The molecule has 0 spiro atoms. The van der Waals surface area contributed by atoms with E-state index < -0.39 is 14.7 Å². The predicted octanol–water partition coefficient (Wildman–Crippen LogP) is 5.46. The maximum absolute atomic E-state index is 12.8. The topological polar surface area (TPSA) is 80.0 Å². The van der Waals surface area contributed by atoms with Gasteiger partial charge < -0.3 is 4.74 Å². The number of thiazole rings is 1. The smallest absolute Gasteiger partial charge is 0.218 e. The molecule has 0 amide bonds. The van der Waals surface area contributed by atoms with E-state index in [-0.39, 0.29) is 14.9 Å². The van der Waals surface area contributed by atoms with Crippen molar-refractivity contribution in [3.63, 3.8) is 0 Å². The number of hydrogen-bond acceptors (Lipinski definition) is 6. The number of methoxy groups -OCH3 is 1. The molecular formula is C19H12Cl2N2O3S2. The van der Waals surface area contributed by atoms with Crippen LogP contribution in [0.25, 0.3) is 16.6 Å². The molecule has 1 heterocycles. The van der Waals surface area contributed by atoms with Gasteiger partial charge in [-0.05, 0) is 36.4 Å². The van der Waals surface area contributed by atoms with E-state index in [1.807, 2.05) is 24.3 Å². The van der Waals surface area contributed by atoms with Crippen LogP contribution in [0.5, 0.6) is 5.75 Å². The molecule has 28 heavy (non-hydrogen) atoms. The molecule has 0 aliphatic rings. The van der Waals surface area contributed by atoms with Crippen LogP contribution in [0.3, 0.4) is 0 Å². The third-order valence-corrected chi connectivity index (χ3v) is 6.99. The number of halogens is 2. The van der Waals surface area contributed by atoms with Crippen LogP contribution in [0.2, 0.25) is 10.0 Å². The molecule has 0 unspecified atom stereocenters. The zero-order valence-electron chi connectivity index (χ0n) is 14.4. The van der Waals surface area contributed by atoms with E-state index >= 15 is 0 Å². The van der Waals surface area contributed by atoms with Crippen LogP contribution in [0.1, 0.15) is 5.69 Å². The third-order valence-electron chi connectivity index (χ3n) is 3.70. The Balaban J connectivity index is 2.01. The van der Waals surface area contributed by atoms with Gasteiger partial charge in [-0.3, -0.25) is 0 Å². The van der Waals surface area contributed by atoms with Gasteiger partial charge in [-0.1, -0.05) is 35.3 Å². The fourth-order valence-electron chi connectivity index (χ4n) is 2.35. The van der Waals surface area contributed by atoms with Crippen molar-refractivity contribution in [3.05, 3.63) is 68.5 Å². The highest BCUT2D eigenvalue weighted by atomic mass is 35.5. The van der Waals surface area contributed by atoms with Crippen LogP contribution in [0, 0.1) is 11.3 Å². The van der Waals surface area contributed by atoms with Crippen LogP contribution in [0.4, 0.5) is 0 Å². The molecule has 0 N–H and O–H groups in total. The van der Waals surface area contributed by atoms with Crippen LogP contribution < -0.4 is 4.74 Å². The Labute approximate surface area is 176 Å². The van der Waals surface area contributed by atoms with Crippen LogP contribution in [-0.4, -0.2) is 20.5 Å². The molecule has 2 aromatic carbocycles. The lowest BCUT2D eigenvalue weighted by molar-refractivity contribution is 0.415. The summed E-state index contributed by atoms with van der Waals surface area (Å²) in [5, 5.41) is 11.9. The van der Waals surface area contributed by atoms with Gasteiger partial charge in [-0.15, -0.1) is 11.3 Å². The van der Waals surface area contributed by atoms with Gasteiger partial charge >= 0.3 is 0 Å². The van der Waals surface area contributed by atoms with Crippen LogP contribution in [0.15, 0.2) is 57.6 Å². The number of hydrogen-bond donors (Lipinski definition) is 0. The molecule has 0 aliphatic carbocycles. The van der Waals surface area contributed by atoms with E-state index in [9.17, 15) is 13.7 Å². The Morgan fingerprint density at radius 1 is 1.25 bits per heavy atom. The highest BCUT2D eigenvalue weighted by Gasteiger charge is 2.24. The summed E-state index contributed by atoms with van der Waals surface area (Å²) in [6, 6.07) is 13.1. The van der Waals surface area contributed by atoms with Crippen molar-refractivity contribution in [2.24, 2.45) is 0 Å². The van der Waals surface area contributed by atoms with E-state index in [0.717, 1.165) is 5.56 Å². The summed E-state index contributed by atoms with van der Waals surface area (Å²) in [5.41, 5.74) is 1.17. The maximum Gasteiger partial charge on any atom is 0.218 e. The Hall–Kier alpha value is -2.37. The number of sulfone groups is 1. The molecule has 3 aromatic rings. The molecule has 142 valence electrons. The molecule has 1 aromatic heterocycles. The molecule has 5 nitrogen and oxygen atoms in total. The first-order chi connectivity index (χ1) is 13.3. The number of aromatic nitrogens is 1. The van der Waals surface area contributed by atoms with Gasteiger partial charge in [0.2, 0.25) is 9.84 Å². The molecule has 0 saturated heterocycles. The van der Waals surface area contributed by atoms with E-state index in [1.165, 1.54) is 35.6 Å². The summed E-state index contributed by atoms with van der Waals surface area (Å²) < 4.78 is 30.9. The minimum Gasteiger partial charge on any atom is -0.497 e. The summed E-state index contributed by atoms with van der Waals surface area (Å²) in [4.78, 5) is 3.71. The largest absolute Gasteiger partial charge is 0.497 e. The first-order valence-corrected chi connectivity index (χ1v) is 10.9. The van der Waals surface area contributed by atoms with Gasteiger partial charge in [0.15, 0.2) is 4.91 Å². The first kappa shape index (κ1) is 20.4.